The predicted octanol–water partition coefficient (Wildman–Crippen LogP) is 3.16. The molecule has 1 N–H and O–H groups in total. The van der Waals surface area contributed by atoms with Crippen LogP contribution in [0.15, 0.2) is 36.5 Å². The Morgan fingerprint density at radius 3 is 2.48 bits per heavy atom. The van der Waals surface area contributed by atoms with Gasteiger partial charge in [-0.25, -0.2) is 9.97 Å². The van der Waals surface area contributed by atoms with E-state index in [2.05, 4.69) is 15.3 Å². The molecule has 1 heterocycles. The number of ether oxygens (including phenoxy) is 1. The van der Waals surface area contributed by atoms with Gasteiger partial charge in [0, 0.05) is 12.7 Å². The summed E-state index contributed by atoms with van der Waals surface area (Å²) < 4.78 is 42.5. The molecule has 7 heteroatoms. The van der Waals surface area contributed by atoms with Crippen LogP contribution in [0.1, 0.15) is 11.3 Å². The molecule has 0 spiro atoms. The second kappa shape index (κ2) is 6.43. The van der Waals surface area contributed by atoms with Crippen molar-refractivity contribution >= 4 is 5.95 Å². The molecule has 1 aromatic carbocycles. The normalized spacial score (nSPS) is 11.2. The first kappa shape index (κ1) is 15.1. The van der Waals surface area contributed by atoms with E-state index in [4.69, 9.17) is 4.74 Å². The fraction of sp³-hybridized carbons (Fsp3) is 0.286. The Bertz CT molecular complexity index is 585. The molecule has 0 unspecified atom stereocenters. The van der Waals surface area contributed by atoms with Crippen LogP contribution in [0, 0.1) is 0 Å². The Labute approximate surface area is 120 Å². The molecule has 0 saturated heterocycles. The van der Waals surface area contributed by atoms with E-state index in [0.717, 1.165) is 23.6 Å². The van der Waals surface area contributed by atoms with Crippen LogP contribution in [0.25, 0.3) is 0 Å². The fourth-order valence-corrected chi connectivity index (χ4v) is 1.71. The van der Waals surface area contributed by atoms with Crippen LogP contribution in [0.3, 0.4) is 0 Å². The summed E-state index contributed by atoms with van der Waals surface area (Å²) in [5.41, 5.74) is 0.0831. The largest absolute Gasteiger partial charge is 0.497 e. The van der Waals surface area contributed by atoms with E-state index in [9.17, 15) is 13.2 Å². The molecule has 0 saturated carbocycles. The molecule has 0 aliphatic rings. The number of nitrogens with one attached hydrogen (secondary N) is 1. The van der Waals surface area contributed by atoms with Gasteiger partial charge in [0.05, 0.1) is 7.11 Å². The molecule has 2 aromatic rings. The third kappa shape index (κ3) is 4.34. The first-order valence-electron chi connectivity index (χ1n) is 6.26. The zero-order chi connectivity index (χ0) is 15.3. The Morgan fingerprint density at radius 1 is 1.14 bits per heavy atom. The van der Waals surface area contributed by atoms with Gasteiger partial charge in [-0.2, -0.15) is 13.2 Å². The van der Waals surface area contributed by atoms with Crippen molar-refractivity contribution in [1.82, 2.24) is 9.97 Å². The number of anilines is 1. The Balaban J connectivity index is 1.91. The summed E-state index contributed by atoms with van der Waals surface area (Å²) in [6, 6.07) is 8.29. The number of hydrogen-bond donors (Lipinski definition) is 1. The molecule has 1 aromatic heterocycles. The van der Waals surface area contributed by atoms with Crippen LogP contribution < -0.4 is 10.1 Å². The highest BCUT2D eigenvalue weighted by molar-refractivity contribution is 5.29. The summed E-state index contributed by atoms with van der Waals surface area (Å²) in [6.07, 6.45) is -2.73. The van der Waals surface area contributed by atoms with E-state index < -0.39 is 11.9 Å². The zero-order valence-corrected chi connectivity index (χ0v) is 11.3. The number of alkyl halides is 3. The zero-order valence-electron chi connectivity index (χ0n) is 11.3. The number of halogens is 3. The Kier molecular flexibility index (Phi) is 4.62. The van der Waals surface area contributed by atoms with E-state index >= 15 is 0 Å². The number of hydrogen-bond acceptors (Lipinski definition) is 4. The lowest BCUT2D eigenvalue weighted by atomic mass is 10.1. The van der Waals surface area contributed by atoms with Gasteiger partial charge in [0.2, 0.25) is 5.95 Å². The van der Waals surface area contributed by atoms with Gasteiger partial charge in [-0.3, -0.25) is 0 Å². The summed E-state index contributed by atoms with van der Waals surface area (Å²) in [6.45, 7) is 0.438. The molecule has 0 aliphatic carbocycles. The highest BCUT2D eigenvalue weighted by atomic mass is 19.4. The molecule has 2 rings (SSSR count). The van der Waals surface area contributed by atoms with Crippen molar-refractivity contribution in [2.45, 2.75) is 12.6 Å². The van der Waals surface area contributed by atoms with Crippen LogP contribution in [0.5, 0.6) is 5.75 Å². The van der Waals surface area contributed by atoms with Crippen molar-refractivity contribution in [3.63, 3.8) is 0 Å². The van der Waals surface area contributed by atoms with Crippen LogP contribution in [-0.2, 0) is 12.6 Å². The minimum atomic E-state index is -4.46. The molecule has 112 valence electrons. The highest BCUT2D eigenvalue weighted by Crippen LogP contribution is 2.27. The smallest absolute Gasteiger partial charge is 0.433 e. The molecule has 0 fully saturated rings. The van der Waals surface area contributed by atoms with Gasteiger partial charge >= 0.3 is 6.18 Å². The van der Waals surface area contributed by atoms with Gasteiger partial charge in [-0.05, 0) is 30.2 Å². The fourth-order valence-electron chi connectivity index (χ4n) is 1.71. The number of aromatic nitrogens is 2. The summed E-state index contributed by atoms with van der Waals surface area (Å²) in [5.74, 6) is 0.728. The van der Waals surface area contributed by atoms with Crippen LogP contribution in [0.2, 0.25) is 0 Å². The number of methoxy groups -OCH3 is 1. The van der Waals surface area contributed by atoms with E-state index in [1.165, 1.54) is 0 Å². The number of benzene rings is 1. The summed E-state index contributed by atoms with van der Waals surface area (Å²) in [7, 11) is 1.58. The topological polar surface area (TPSA) is 47.0 Å². The maximum Gasteiger partial charge on any atom is 0.433 e. The maximum atomic E-state index is 12.5. The lowest BCUT2D eigenvalue weighted by Crippen LogP contribution is -2.13. The molecule has 0 aliphatic heterocycles. The lowest BCUT2D eigenvalue weighted by molar-refractivity contribution is -0.141. The second-order valence-electron chi connectivity index (χ2n) is 4.29. The monoisotopic (exact) mass is 297 g/mol. The van der Waals surface area contributed by atoms with Gasteiger partial charge in [-0.1, -0.05) is 12.1 Å². The minimum absolute atomic E-state index is 0.0293. The predicted molar refractivity (Wildman–Crippen MR) is 72.2 cm³/mol. The Hall–Kier alpha value is -2.31. The number of rotatable bonds is 5. The van der Waals surface area contributed by atoms with E-state index in [0.29, 0.717) is 13.0 Å². The average Bonchev–Trinajstić information content (AvgIpc) is 2.47. The van der Waals surface area contributed by atoms with Crippen molar-refractivity contribution < 1.29 is 17.9 Å². The van der Waals surface area contributed by atoms with Gasteiger partial charge in [0.25, 0.3) is 0 Å². The molecular weight excluding hydrogens is 283 g/mol. The van der Waals surface area contributed by atoms with Crippen LogP contribution in [0.4, 0.5) is 19.1 Å². The van der Waals surface area contributed by atoms with Crippen molar-refractivity contribution in [3.8, 4) is 5.75 Å². The van der Waals surface area contributed by atoms with Crippen molar-refractivity contribution in [2.24, 2.45) is 0 Å². The molecule has 0 radical (unpaired) electrons. The van der Waals surface area contributed by atoms with Gasteiger partial charge in [0.1, 0.15) is 11.4 Å². The lowest BCUT2D eigenvalue weighted by Gasteiger charge is -2.08. The maximum absolute atomic E-state index is 12.5. The van der Waals surface area contributed by atoms with E-state index in [-0.39, 0.29) is 5.95 Å². The third-order valence-electron chi connectivity index (χ3n) is 2.80. The molecule has 0 amide bonds. The Morgan fingerprint density at radius 2 is 1.86 bits per heavy atom. The van der Waals surface area contributed by atoms with Crippen LogP contribution in [-0.4, -0.2) is 23.6 Å². The summed E-state index contributed by atoms with van der Waals surface area (Å²) >= 11 is 0. The molecular formula is C14H14F3N3O. The highest BCUT2D eigenvalue weighted by Gasteiger charge is 2.32. The van der Waals surface area contributed by atoms with Crippen molar-refractivity contribution in [1.29, 1.82) is 0 Å². The van der Waals surface area contributed by atoms with Crippen LogP contribution >= 0.6 is 0 Å². The second-order valence-corrected chi connectivity index (χ2v) is 4.29. The standard InChI is InChI=1S/C14H14F3N3O/c1-21-11-4-2-10(3-5-11)6-8-18-13-19-9-7-12(20-13)14(15,16)17/h2-5,7,9H,6,8H2,1H3,(H,18,19,20). The molecule has 21 heavy (non-hydrogen) atoms. The van der Waals surface area contributed by atoms with Gasteiger partial charge in [0.15, 0.2) is 0 Å². The summed E-state index contributed by atoms with van der Waals surface area (Å²) in [4.78, 5) is 7.20. The van der Waals surface area contributed by atoms with Gasteiger partial charge < -0.3 is 10.1 Å². The first-order chi connectivity index (χ1) is 9.99. The summed E-state index contributed by atoms with van der Waals surface area (Å²) in [5, 5.41) is 2.78. The number of nitrogens with zero attached hydrogens (tertiary/aromatic N) is 2. The minimum Gasteiger partial charge on any atom is -0.497 e. The molecule has 0 bridgehead atoms. The third-order valence-corrected chi connectivity index (χ3v) is 2.80. The SMILES string of the molecule is COc1ccc(CCNc2nccc(C(F)(F)F)n2)cc1. The van der Waals surface area contributed by atoms with Crippen molar-refractivity contribution in [3.05, 3.63) is 47.8 Å². The first-order valence-corrected chi connectivity index (χ1v) is 6.26. The molecule has 0 atom stereocenters. The van der Waals surface area contributed by atoms with E-state index in [1.54, 1.807) is 7.11 Å². The average molecular weight is 297 g/mol. The van der Waals surface area contributed by atoms with Gasteiger partial charge in [-0.15, -0.1) is 0 Å². The van der Waals surface area contributed by atoms with Crippen molar-refractivity contribution in [2.75, 3.05) is 19.0 Å². The van der Waals surface area contributed by atoms with E-state index in [1.807, 2.05) is 24.3 Å². The quantitative estimate of drug-likeness (QED) is 0.921. The molecule has 4 nitrogen and oxygen atoms in total.